The van der Waals surface area contributed by atoms with Gasteiger partial charge in [-0.1, -0.05) is 36.4 Å². The number of nitrogens with zero attached hydrogens (tertiary/aromatic N) is 3. The fourth-order valence-electron chi connectivity index (χ4n) is 2.76. The Morgan fingerprint density at radius 3 is 2.54 bits per heavy atom. The number of hydrogen-bond donors (Lipinski definition) is 1. The summed E-state index contributed by atoms with van der Waals surface area (Å²) in [6.07, 6.45) is 6.98. The van der Waals surface area contributed by atoms with Crippen LogP contribution in [0.3, 0.4) is 0 Å². The van der Waals surface area contributed by atoms with Crippen molar-refractivity contribution in [1.82, 2.24) is 20.0 Å². The number of aromatic amines is 1. The molecule has 1 aliphatic rings. The molecular formula is C18H20N4O2. The third kappa shape index (κ3) is 3.22. The molecule has 124 valence electrons. The van der Waals surface area contributed by atoms with Gasteiger partial charge in [-0.2, -0.15) is 5.10 Å². The van der Waals surface area contributed by atoms with E-state index in [4.69, 9.17) is 0 Å². The summed E-state index contributed by atoms with van der Waals surface area (Å²) >= 11 is 0. The van der Waals surface area contributed by atoms with Gasteiger partial charge in [-0.15, -0.1) is 0 Å². The van der Waals surface area contributed by atoms with Gasteiger partial charge >= 0.3 is 0 Å². The van der Waals surface area contributed by atoms with Crippen LogP contribution in [0.1, 0.15) is 17.4 Å². The van der Waals surface area contributed by atoms with Crippen LogP contribution in [0.15, 0.2) is 48.6 Å². The molecule has 0 spiro atoms. The first-order valence-corrected chi connectivity index (χ1v) is 8.01. The first-order valence-electron chi connectivity index (χ1n) is 8.01. The van der Waals surface area contributed by atoms with Crippen molar-refractivity contribution in [2.45, 2.75) is 6.92 Å². The molecule has 1 aromatic heterocycles. The van der Waals surface area contributed by atoms with E-state index in [1.165, 1.54) is 0 Å². The fourth-order valence-corrected chi connectivity index (χ4v) is 2.76. The summed E-state index contributed by atoms with van der Waals surface area (Å²) in [6.45, 7) is 4.00. The molecule has 24 heavy (non-hydrogen) atoms. The quantitative estimate of drug-likeness (QED) is 0.693. The largest absolute Gasteiger partial charge is 0.336 e. The van der Waals surface area contributed by atoms with Crippen molar-refractivity contribution in [2.24, 2.45) is 0 Å². The summed E-state index contributed by atoms with van der Waals surface area (Å²) in [5.74, 6) is -0.116. The lowest BCUT2D eigenvalue weighted by Crippen LogP contribution is -2.50. The van der Waals surface area contributed by atoms with E-state index in [1.807, 2.05) is 43.3 Å². The maximum absolute atomic E-state index is 12.7. The van der Waals surface area contributed by atoms with Crippen LogP contribution >= 0.6 is 0 Å². The molecule has 1 fully saturated rings. The maximum atomic E-state index is 12.7. The van der Waals surface area contributed by atoms with E-state index in [1.54, 1.807) is 22.0 Å². The van der Waals surface area contributed by atoms with E-state index in [9.17, 15) is 9.59 Å². The molecule has 6 heteroatoms. The summed E-state index contributed by atoms with van der Waals surface area (Å²) in [5.41, 5.74) is 1.29. The number of rotatable bonds is 3. The molecule has 0 atom stereocenters. The third-order valence-corrected chi connectivity index (χ3v) is 4.09. The minimum atomic E-state index is -0.0935. The van der Waals surface area contributed by atoms with Crippen molar-refractivity contribution in [1.29, 1.82) is 0 Å². The summed E-state index contributed by atoms with van der Waals surface area (Å²) in [7, 11) is 0. The Labute approximate surface area is 140 Å². The van der Waals surface area contributed by atoms with Gasteiger partial charge < -0.3 is 9.80 Å². The van der Waals surface area contributed by atoms with Gasteiger partial charge in [0.15, 0.2) is 5.69 Å². The second kappa shape index (κ2) is 7.12. The molecule has 1 aliphatic heterocycles. The van der Waals surface area contributed by atoms with Crippen molar-refractivity contribution >= 4 is 22.7 Å². The first kappa shape index (κ1) is 16.0. The summed E-state index contributed by atoms with van der Waals surface area (Å²) in [4.78, 5) is 28.2. The topological polar surface area (TPSA) is 69.3 Å². The number of nitrogens with one attached hydrogen (secondary N) is 1. The lowest BCUT2D eigenvalue weighted by molar-refractivity contribution is -0.127. The van der Waals surface area contributed by atoms with E-state index in [-0.39, 0.29) is 11.8 Å². The second-order valence-electron chi connectivity index (χ2n) is 5.62. The van der Waals surface area contributed by atoms with Gasteiger partial charge in [0, 0.05) is 37.6 Å². The second-order valence-corrected chi connectivity index (χ2v) is 5.62. The molecule has 3 rings (SSSR count). The number of aromatic nitrogens is 2. The molecule has 2 amide bonds. The maximum Gasteiger partial charge on any atom is 0.275 e. The van der Waals surface area contributed by atoms with Gasteiger partial charge in [-0.25, -0.2) is 0 Å². The Hall–Kier alpha value is -2.89. The van der Waals surface area contributed by atoms with Gasteiger partial charge in [0.25, 0.3) is 5.91 Å². The van der Waals surface area contributed by atoms with Crippen LogP contribution in [0, 0.1) is 0 Å². The smallest absolute Gasteiger partial charge is 0.275 e. The molecule has 2 heterocycles. The van der Waals surface area contributed by atoms with E-state index in [0.717, 1.165) is 10.9 Å². The van der Waals surface area contributed by atoms with E-state index in [0.29, 0.717) is 31.9 Å². The van der Waals surface area contributed by atoms with Crippen LogP contribution in [0.4, 0.5) is 0 Å². The minimum Gasteiger partial charge on any atom is -0.336 e. The zero-order valence-electron chi connectivity index (χ0n) is 13.6. The SMILES string of the molecule is CC=CC=CC(=O)N1CCN(C(=O)c2n[nH]c3ccccc23)CC1. The van der Waals surface area contributed by atoms with Gasteiger partial charge in [0.1, 0.15) is 0 Å². The number of allylic oxidation sites excluding steroid dienone is 3. The molecule has 0 saturated carbocycles. The highest BCUT2D eigenvalue weighted by atomic mass is 16.2. The molecular weight excluding hydrogens is 304 g/mol. The lowest BCUT2D eigenvalue weighted by atomic mass is 10.2. The number of carbonyl (C=O) groups excluding carboxylic acids is 2. The fraction of sp³-hybridized carbons (Fsp3) is 0.278. The number of fused-ring (bicyclic) bond motifs is 1. The Balaban J connectivity index is 1.64. The number of piperazine rings is 1. The first-order chi connectivity index (χ1) is 11.7. The standard InChI is InChI=1S/C18H20N4O2/c1-2-3-4-9-16(23)21-10-12-22(13-11-21)18(24)17-14-7-5-6-8-15(14)19-20-17/h2-9H,10-13H2,1H3,(H,19,20). The molecule has 6 nitrogen and oxygen atoms in total. The highest BCUT2D eigenvalue weighted by Crippen LogP contribution is 2.17. The van der Waals surface area contributed by atoms with Crippen LogP contribution in [-0.2, 0) is 4.79 Å². The highest BCUT2D eigenvalue weighted by Gasteiger charge is 2.26. The molecule has 0 radical (unpaired) electrons. The monoisotopic (exact) mass is 324 g/mol. The number of amides is 2. The predicted molar refractivity (Wildman–Crippen MR) is 92.5 cm³/mol. The number of carbonyl (C=O) groups is 2. The number of para-hydroxylation sites is 1. The molecule has 0 aliphatic carbocycles. The molecule has 2 aromatic rings. The van der Waals surface area contributed by atoms with Crippen LogP contribution in [-0.4, -0.2) is 58.0 Å². The number of hydrogen-bond acceptors (Lipinski definition) is 3. The van der Waals surface area contributed by atoms with Crippen molar-refractivity contribution in [3.05, 3.63) is 54.3 Å². The molecule has 1 aromatic carbocycles. The predicted octanol–water partition coefficient (Wildman–Crippen LogP) is 1.98. The Bertz CT molecular complexity index is 798. The van der Waals surface area contributed by atoms with Crippen LogP contribution in [0.5, 0.6) is 0 Å². The molecule has 1 saturated heterocycles. The van der Waals surface area contributed by atoms with E-state index < -0.39 is 0 Å². The van der Waals surface area contributed by atoms with Crippen LogP contribution in [0.25, 0.3) is 10.9 Å². The normalized spacial score (nSPS) is 15.7. The summed E-state index contributed by atoms with van der Waals surface area (Å²) in [5, 5.41) is 7.87. The van der Waals surface area contributed by atoms with Crippen molar-refractivity contribution in [2.75, 3.05) is 26.2 Å². The minimum absolute atomic E-state index is 0.0228. The summed E-state index contributed by atoms with van der Waals surface area (Å²) in [6, 6.07) is 7.58. The zero-order valence-corrected chi connectivity index (χ0v) is 13.6. The molecule has 1 N–H and O–H groups in total. The van der Waals surface area contributed by atoms with Crippen LogP contribution < -0.4 is 0 Å². The third-order valence-electron chi connectivity index (χ3n) is 4.09. The Morgan fingerprint density at radius 1 is 1.08 bits per heavy atom. The highest BCUT2D eigenvalue weighted by molar-refractivity contribution is 6.04. The molecule has 0 bridgehead atoms. The van der Waals surface area contributed by atoms with E-state index >= 15 is 0 Å². The summed E-state index contributed by atoms with van der Waals surface area (Å²) < 4.78 is 0. The van der Waals surface area contributed by atoms with Crippen molar-refractivity contribution in [3.8, 4) is 0 Å². The van der Waals surface area contributed by atoms with Crippen molar-refractivity contribution < 1.29 is 9.59 Å². The van der Waals surface area contributed by atoms with Gasteiger partial charge in [-0.3, -0.25) is 14.7 Å². The number of H-pyrrole nitrogens is 1. The van der Waals surface area contributed by atoms with Gasteiger partial charge in [0.2, 0.25) is 5.91 Å². The van der Waals surface area contributed by atoms with Crippen molar-refractivity contribution in [3.63, 3.8) is 0 Å². The van der Waals surface area contributed by atoms with Gasteiger partial charge in [0.05, 0.1) is 5.52 Å². The molecule has 0 unspecified atom stereocenters. The Morgan fingerprint density at radius 2 is 1.79 bits per heavy atom. The van der Waals surface area contributed by atoms with E-state index in [2.05, 4.69) is 10.2 Å². The van der Waals surface area contributed by atoms with Gasteiger partial charge in [-0.05, 0) is 13.0 Å². The van der Waals surface area contributed by atoms with Crippen LogP contribution in [0.2, 0.25) is 0 Å². The lowest BCUT2D eigenvalue weighted by Gasteiger charge is -2.33. The Kier molecular flexibility index (Phi) is 4.74. The average molecular weight is 324 g/mol. The number of benzene rings is 1. The average Bonchev–Trinajstić information content (AvgIpc) is 3.05. The zero-order chi connectivity index (χ0) is 16.9.